The summed E-state index contributed by atoms with van der Waals surface area (Å²) in [6.07, 6.45) is 1.11. The van der Waals surface area contributed by atoms with E-state index in [4.69, 9.17) is 23.7 Å². The second-order valence-corrected chi connectivity index (χ2v) is 6.18. The Morgan fingerprint density at radius 3 is 2.82 bits per heavy atom. The van der Waals surface area contributed by atoms with Gasteiger partial charge in [-0.1, -0.05) is 0 Å². The molecule has 1 N–H and O–H groups in total. The van der Waals surface area contributed by atoms with Crippen molar-refractivity contribution >= 4 is 11.9 Å². The van der Waals surface area contributed by atoms with Gasteiger partial charge in [0.25, 0.3) is 5.56 Å². The van der Waals surface area contributed by atoms with Gasteiger partial charge in [-0.05, 0) is 24.6 Å². The predicted octanol–water partition coefficient (Wildman–Crippen LogP) is 1.73. The average Bonchev–Trinajstić information content (AvgIpc) is 3.15. The highest BCUT2D eigenvalue weighted by molar-refractivity contribution is 5.94. The van der Waals surface area contributed by atoms with E-state index in [1.807, 2.05) is 0 Å². The molecule has 0 saturated heterocycles. The third-order valence-corrected chi connectivity index (χ3v) is 4.60. The number of hydrogen-bond acceptors (Lipinski definition) is 8. The van der Waals surface area contributed by atoms with E-state index in [-0.39, 0.29) is 36.7 Å². The van der Waals surface area contributed by atoms with Crippen LogP contribution in [0.25, 0.3) is 0 Å². The highest BCUT2D eigenvalue weighted by Gasteiger charge is 2.36. The van der Waals surface area contributed by atoms with E-state index in [0.29, 0.717) is 22.8 Å². The van der Waals surface area contributed by atoms with Gasteiger partial charge in [-0.2, -0.15) is 0 Å². The molecule has 0 spiro atoms. The lowest BCUT2D eigenvalue weighted by atomic mass is 9.86. The third-order valence-electron chi connectivity index (χ3n) is 4.60. The van der Waals surface area contributed by atoms with Crippen molar-refractivity contribution in [3.05, 3.63) is 45.4 Å². The van der Waals surface area contributed by atoms with Gasteiger partial charge in [0, 0.05) is 12.1 Å². The zero-order valence-electron chi connectivity index (χ0n) is 15.2. The summed E-state index contributed by atoms with van der Waals surface area (Å²) < 4.78 is 26.4. The summed E-state index contributed by atoms with van der Waals surface area (Å²) in [5, 5.41) is 0. The number of pyridine rings is 1. The monoisotopic (exact) mass is 387 g/mol. The lowest BCUT2D eigenvalue weighted by molar-refractivity contribution is -0.135. The number of rotatable bonds is 4. The average molecular weight is 387 g/mol. The normalized spacial score (nSPS) is 16.9. The van der Waals surface area contributed by atoms with Crippen LogP contribution in [0.5, 0.6) is 23.0 Å². The van der Waals surface area contributed by atoms with Crippen LogP contribution in [0.15, 0.2) is 23.1 Å². The minimum atomic E-state index is -0.688. The number of fused-ring (bicyclic) bond motifs is 2. The summed E-state index contributed by atoms with van der Waals surface area (Å²) >= 11 is 0. The lowest BCUT2D eigenvalue weighted by Gasteiger charge is -2.25. The van der Waals surface area contributed by atoms with Gasteiger partial charge in [0.15, 0.2) is 17.2 Å². The Bertz CT molecular complexity index is 1030. The summed E-state index contributed by atoms with van der Waals surface area (Å²) in [7, 11) is 1.48. The molecule has 0 unspecified atom stereocenters. The van der Waals surface area contributed by atoms with Crippen LogP contribution in [-0.4, -0.2) is 37.4 Å². The van der Waals surface area contributed by atoms with Crippen molar-refractivity contribution in [1.29, 1.82) is 0 Å². The second-order valence-electron chi connectivity index (χ2n) is 6.18. The minimum Gasteiger partial charge on any atom is -0.493 e. The number of ether oxygens (including phenoxy) is 5. The number of benzene rings is 1. The molecule has 9 heteroatoms. The number of aromatic amines is 1. The van der Waals surface area contributed by atoms with E-state index in [0.717, 1.165) is 0 Å². The first-order valence-electron chi connectivity index (χ1n) is 8.64. The molecular formula is C19H17NO8. The van der Waals surface area contributed by atoms with Crippen molar-refractivity contribution < 1.29 is 33.3 Å². The van der Waals surface area contributed by atoms with E-state index < -0.39 is 23.4 Å². The maximum absolute atomic E-state index is 12.6. The van der Waals surface area contributed by atoms with E-state index in [2.05, 4.69) is 4.98 Å². The number of carbonyl (C=O) groups is 2. The SMILES string of the molecule is CCOC(=O)c1c[nH]c(=O)c2c1OC(=O)C[C@@H]2c1cc(OC)c2c(c1)OCO2. The maximum atomic E-state index is 12.6. The largest absolute Gasteiger partial charge is 0.493 e. The molecule has 0 bridgehead atoms. The molecular weight excluding hydrogens is 370 g/mol. The molecule has 0 fully saturated rings. The van der Waals surface area contributed by atoms with Gasteiger partial charge in [-0.25, -0.2) is 4.79 Å². The topological polar surface area (TPSA) is 113 Å². The van der Waals surface area contributed by atoms with Crippen molar-refractivity contribution in [3.8, 4) is 23.0 Å². The van der Waals surface area contributed by atoms with Gasteiger partial charge in [-0.3, -0.25) is 9.59 Å². The number of hydrogen-bond donors (Lipinski definition) is 1. The molecule has 2 aliphatic rings. The van der Waals surface area contributed by atoms with Crippen LogP contribution in [0.3, 0.4) is 0 Å². The van der Waals surface area contributed by atoms with Gasteiger partial charge in [0.2, 0.25) is 12.5 Å². The Morgan fingerprint density at radius 2 is 2.07 bits per heavy atom. The van der Waals surface area contributed by atoms with Gasteiger partial charge in [0.1, 0.15) is 5.56 Å². The Hall–Kier alpha value is -3.49. The fourth-order valence-electron chi connectivity index (χ4n) is 3.38. The van der Waals surface area contributed by atoms with Crippen LogP contribution in [0.4, 0.5) is 0 Å². The standard InChI is InChI=1S/C19H17NO8/c1-3-25-19(23)11-7-20-18(22)15-10(6-14(21)28-16(11)15)9-4-12(24-2)17-13(5-9)26-8-27-17/h4-5,7,10H,3,6,8H2,1-2H3,(H,20,22)/t10-/m1/s1. The highest BCUT2D eigenvalue weighted by atomic mass is 16.7. The number of carbonyl (C=O) groups excluding carboxylic acids is 2. The summed E-state index contributed by atoms with van der Waals surface area (Å²) in [5.41, 5.74) is 0.302. The molecule has 2 aromatic rings. The van der Waals surface area contributed by atoms with Crippen LogP contribution >= 0.6 is 0 Å². The van der Waals surface area contributed by atoms with Crippen LogP contribution in [-0.2, 0) is 9.53 Å². The molecule has 28 heavy (non-hydrogen) atoms. The van der Waals surface area contributed by atoms with Gasteiger partial charge in [0.05, 0.1) is 25.7 Å². The molecule has 0 radical (unpaired) electrons. The van der Waals surface area contributed by atoms with Crippen LogP contribution in [0.2, 0.25) is 0 Å². The first-order chi connectivity index (χ1) is 13.5. The first kappa shape index (κ1) is 17.9. The Labute approximate surface area is 159 Å². The fourth-order valence-corrected chi connectivity index (χ4v) is 3.38. The van der Waals surface area contributed by atoms with Crippen LogP contribution < -0.4 is 24.5 Å². The predicted molar refractivity (Wildman–Crippen MR) is 94.2 cm³/mol. The highest BCUT2D eigenvalue weighted by Crippen LogP contribution is 2.46. The number of nitrogens with one attached hydrogen (secondary N) is 1. The van der Waals surface area contributed by atoms with Gasteiger partial charge >= 0.3 is 11.9 Å². The van der Waals surface area contributed by atoms with E-state index in [1.165, 1.54) is 13.3 Å². The number of H-pyrrole nitrogens is 1. The minimum absolute atomic E-state index is 0.0118. The van der Waals surface area contributed by atoms with Gasteiger partial charge in [-0.15, -0.1) is 0 Å². The quantitative estimate of drug-likeness (QED) is 0.789. The Morgan fingerprint density at radius 1 is 1.25 bits per heavy atom. The molecule has 4 rings (SSSR count). The third kappa shape index (κ3) is 2.84. The molecule has 146 valence electrons. The number of methoxy groups -OCH3 is 1. The zero-order chi connectivity index (χ0) is 19.8. The summed E-state index contributed by atoms with van der Waals surface area (Å²) in [5.74, 6) is -0.662. The van der Waals surface area contributed by atoms with E-state index >= 15 is 0 Å². The van der Waals surface area contributed by atoms with E-state index in [1.54, 1.807) is 19.1 Å². The van der Waals surface area contributed by atoms with Crippen molar-refractivity contribution in [2.45, 2.75) is 19.3 Å². The van der Waals surface area contributed by atoms with Gasteiger partial charge < -0.3 is 28.7 Å². The Balaban J connectivity index is 1.88. The number of aromatic nitrogens is 1. The van der Waals surface area contributed by atoms with Crippen molar-refractivity contribution in [3.63, 3.8) is 0 Å². The molecule has 1 aromatic carbocycles. The molecule has 1 atom stereocenters. The maximum Gasteiger partial charge on any atom is 0.343 e. The molecule has 0 amide bonds. The summed E-state index contributed by atoms with van der Waals surface area (Å²) in [4.78, 5) is 39.6. The molecule has 2 aliphatic heterocycles. The van der Waals surface area contributed by atoms with Crippen LogP contribution in [0.1, 0.15) is 40.7 Å². The Kier molecular flexibility index (Phi) is 4.42. The van der Waals surface area contributed by atoms with Crippen LogP contribution in [0, 0.1) is 0 Å². The molecule has 3 heterocycles. The summed E-state index contributed by atoms with van der Waals surface area (Å²) in [6.45, 7) is 1.85. The van der Waals surface area contributed by atoms with E-state index in [9.17, 15) is 14.4 Å². The smallest absolute Gasteiger partial charge is 0.343 e. The molecule has 9 nitrogen and oxygen atoms in total. The molecule has 0 saturated carbocycles. The fraction of sp³-hybridized carbons (Fsp3) is 0.316. The molecule has 0 aliphatic carbocycles. The van der Waals surface area contributed by atoms with Crippen molar-refractivity contribution in [2.24, 2.45) is 0 Å². The summed E-state index contributed by atoms with van der Waals surface area (Å²) in [6, 6.07) is 3.37. The zero-order valence-corrected chi connectivity index (χ0v) is 15.2. The van der Waals surface area contributed by atoms with Crippen molar-refractivity contribution in [2.75, 3.05) is 20.5 Å². The molecule has 1 aromatic heterocycles. The first-order valence-corrected chi connectivity index (χ1v) is 8.64. The lowest BCUT2D eigenvalue weighted by Crippen LogP contribution is -2.30. The second kappa shape index (κ2) is 6.91. The number of esters is 2. The van der Waals surface area contributed by atoms with Crippen molar-refractivity contribution in [1.82, 2.24) is 4.98 Å².